The molecule has 0 amide bonds. The van der Waals surface area contributed by atoms with Crippen LogP contribution in [0.25, 0.3) is 22.2 Å². The Labute approximate surface area is 103 Å². The Kier molecular flexibility index (Phi) is 2.19. The van der Waals surface area contributed by atoms with Crippen LogP contribution in [0.1, 0.15) is 0 Å². The number of imidazole rings is 1. The lowest BCUT2D eigenvalue weighted by molar-refractivity contribution is 0.948. The third kappa shape index (κ3) is 1.66. The molecule has 2 heterocycles. The average molecular weight is 240 g/mol. The molecule has 0 fully saturated rings. The minimum absolute atomic E-state index is 0.203. The number of rotatable bonds is 1. The van der Waals surface area contributed by atoms with Crippen molar-refractivity contribution < 1.29 is 0 Å². The van der Waals surface area contributed by atoms with Gasteiger partial charge < -0.3 is 15.3 Å². The summed E-state index contributed by atoms with van der Waals surface area (Å²) in [7, 11) is 1.94. The third-order valence-electron chi connectivity index (χ3n) is 2.92. The minimum Gasteiger partial charge on any atom is -0.385 e. The molecule has 0 aliphatic carbocycles. The molecule has 3 aromatic rings. The molecule has 0 atom stereocenters. The van der Waals surface area contributed by atoms with Crippen LogP contribution >= 0.6 is 0 Å². The zero-order valence-electron chi connectivity index (χ0n) is 9.84. The van der Waals surface area contributed by atoms with Gasteiger partial charge in [0.2, 0.25) is 5.56 Å². The lowest BCUT2D eigenvalue weighted by atomic mass is 10.1. The van der Waals surface area contributed by atoms with Crippen LogP contribution in [0.15, 0.2) is 41.5 Å². The molecule has 5 nitrogen and oxygen atoms in total. The van der Waals surface area contributed by atoms with Gasteiger partial charge in [0.15, 0.2) is 0 Å². The van der Waals surface area contributed by atoms with E-state index in [9.17, 15) is 4.79 Å². The number of fused-ring (bicyclic) bond motifs is 1. The topological polar surface area (TPSA) is 76.7 Å². The monoisotopic (exact) mass is 240 g/mol. The molecule has 0 saturated heterocycles. The van der Waals surface area contributed by atoms with Gasteiger partial charge in [0.05, 0.1) is 17.4 Å². The van der Waals surface area contributed by atoms with Crippen molar-refractivity contribution in [1.29, 1.82) is 0 Å². The molecule has 18 heavy (non-hydrogen) atoms. The van der Waals surface area contributed by atoms with Crippen molar-refractivity contribution in [3.63, 3.8) is 0 Å². The van der Waals surface area contributed by atoms with Crippen LogP contribution in [0, 0.1) is 0 Å². The van der Waals surface area contributed by atoms with Gasteiger partial charge in [-0.1, -0.05) is 6.07 Å². The fourth-order valence-corrected chi connectivity index (χ4v) is 2.05. The summed E-state index contributed by atoms with van der Waals surface area (Å²) < 4.78 is 1.95. The molecule has 0 aliphatic heterocycles. The van der Waals surface area contributed by atoms with E-state index in [0.717, 1.165) is 22.2 Å². The summed E-state index contributed by atoms with van der Waals surface area (Å²) in [6.07, 6.45) is 1.76. The third-order valence-corrected chi connectivity index (χ3v) is 2.92. The van der Waals surface area contributed by atoms with Crippen LogP contribution < -0.4 is 11.3 Å². The van der Waals surface area contributed by atoms with E-state index < -0.39 is 0 Å². The largest absolute Gasteiger partial charge is 0.385 e. The summed E-state index contributed by atoms with van der Waals surface area (Å²) in [6, 6.07) is 9.16. The molecular weight excluding hydrogens is 228 g/mol. The Hall–Kier alpha value is -2.56. The van der Waals surface area contributed by atoms with Crippen LogP contribution in [-0.2, 0) is 7.05 Å². The zero-order valence-corrected chi connectivity index (χ0v) is 9.84. The Bertz CT molecular complexity index is 785. The van der Waals surface area contributed by atoms with Gasteiger partial charge in [0, 0.05) is 13.1 Å². The number of aryl methyl sites for hydroxylation is 1. The highest BCUT2D eigenvalue weighted by Gasteiger charge is 2.04. The molecule has 0 bridgehead atoms. The first-order valence-electron chi connectivity index (χ1n) is 5.55. The molecule has 0 saturated carbocycles. The number of H-pyrrole nitrogens is 1. The van der Waals surface area contributed by atoms with E-state index in [2.05, 4.69) is 9.97 Å². The predicted octanol–water partition coefficient (Wildman–Crippen LogP) is 1.51. The number of hydrogen-bond donors (Lipinski definition) is 2. The highest BCUT2D eigenvalue weighted by molar-refractivity contribution is 5.82. The molecule has 90 valence electrons. The molecule has 1 aromatic carbocycles. The van der Waals surface area contributed by atoms with Gasteiger partial charge in [-0.3, -0.25) is 4.79 Å². The first-order chi connectivity index (χ1) is 8.63. The van der Waals surface area contributed by atoms with E-state index in [1.54, 1.807) is 12.4 Å². The molecule has 3 rings (SSSR count). The first kappa shape index (κ1) is 10.6. The number of aromatic nitrogens is 3. The summed E-state index contributed by atoms with van der Waals surface area (Å²) >= 11 is 0. The second-order valence-electron chi connectivity index (χ2n) is 4.25. The van der Waals surface area contributed by atoms with Gasteiger partial charge >= 0.3 is 0 Å². The summed E-state index contributed by atoms with van der Waals surface area (Å²) in [5.41, 5.74) is 9.11. The maximum absolute atomic E-state index is 11.4. The average Bonchev–Trinajstić information content (AvgIpc) is 2.69. The van der Waals surface area contributed by atoms with Crippen LogP contribution in [0.4, 0.5) is 5.82 Å². The van der Waals surface area contributed by atoms with Gasteiger partial charge in [-0.15, -0.1) is 0 Å². The van der Waals surface area contributed by atoms with Gasteiger partial charge in [-0.2, -0.15) is 0 Å². The van der Waals surface area contributed by atoms with E-state index in [1.165, 1.54) is 6.07 Å². The van der Waals surface area contributed by atoms with Crippen LogP contribution in [0.3, 0.4) is 0 Å². The number of nitrogen functional groups attached to an aromatic ring is 1. The molecule has 0 unspecified atom stereocenters. The molecule has 3 N–H and O–H groups in total. The molecule has 2 aromatic heterocycles. The highest BCUT2D eigenvalue weighted by atomic mass is 16.1. The second kappa shape index (κ2) is 3.73. The number of pyridine rings is 1. The summed E-state index contributed by atoms with van der Waals surface area (Å²) in [5.74, 6) is 0.360. The van der Waals surface area contributed by atoms with Crippen molar-refractivity contribution in [3.05, 3.63) is 47.0 Å². The quantitative estimate of drug-likeness (QED) is 0.677. The number of benzene rings is 1. The number of aromatic amines is 1. The van der Waals surface area contributed by atoms with Crippen LogP contribution in [0.5, 0.6) is 0 Å². The van der Waals surface area contributed by atoms with E-state index in [4.69, 9.17) is 5.73 Å². The van der Waals surface area contributed by atoms with Crippen molar-refractivity contribution in [3.8, 4) is 11.1 Å². The van der Waals surface area contributed by atoms with Crippen molar-refractivity contribution in [1.82, 2.24) is 14.5 Å². The van der Waals surface area contributed by atoms with Crippen molar-refractivity contribution in [2.75, 3.05) is 5.73 Å². The summed E-state index contributed by atoms with van der Waals surface area (Å²) in [4.78, 5) is 18.2. The molecule has 0 aliphatic rings. The second-order valence-corrected chi connectivity index (χ2v) is 4.25. The van der Waals surface area contributed by atoms with Gasteiger partial charge in [0.25, 0.3) is 0 Å². The lowest BCUT2D eigenvalue weighted by Crippen LogP contribution is -2.07. The maximum Gasteiger partial charge on any atom is 0.250 e. The standard InChI is InChI=1S/C13H12N4O/c1-17-7-15-10-4-8(2-3-11(10)17)9-5-12(14)16-13(18)6-9/h2-7H,1H3,(H3,14,16,18). The number of hydrogen-bond acceptors (Lipinski definition) is 3. The fraction of sp³-hybridized carbons (Fsp3) is 0.0769. The van der Waals surface area contributed by atoms with E-state index in [-0.39, 0.29) is 5.56 Å². The molecule has 0 radical (unpaired) electrons. The van der Waals surface area contributed by atoms with E-state index in [1.807, 2.05) is 29.8 Å². The van der Waals surface area contributed by atoms with Gasteiger partial charge in [-0.25, -0.2) is 4.98 Å². The van der Waals surface area contributed by atoms with Crippen molar-refractivity contribution >= 4 is 16.9 Å². The Morgan fingerprint density at radius 1 is 1.22 bits per heavy atom. The van der Waals surface area contributed by atoms with Crippen molar-refractivity contribution in [2.45, 2.75) is 0 Å². The SMILES string of the molecule is Cn1cnc2cc(-c3cc(N)[nH]c(=O)c3)ccc21. The highest BCUT2D eigenvalue weighted by Crippen LogP contribution is 2.23. The minimum atomic E-state index is -0.203. The Morgan fingerprint density at radius 3 is 2.83 bits per heavy atom. The summed E-state index contributed by atoms with van der Waals surface area (Å²) in [5, 5.41) is 0. The zero-order chi connectivity index (χ0) is 12.7. The lowest BCUT2D eigenvalue weighted by Gasteiger charge is -2.03. The molecule has 5 heteroatoms. The number of anilines is 1. The van der Waals surface area contributed by atoms with Crippen molar-refractivity contribution in [2.24, 2.45) is 7.05 Å². The van der Waals surface area contributed by atoms with E-state index in [0.29, 0.717) is 5.82 Å². The molecular formula is C13H12N4O. The molecule has 0 spiro atoms. The fourth-order valence-electron chi connectivity index (χ4n) is 2.05. The normalized spacial score (nSPS) is 10.9. The first-order valence-corrected chi connectivity index (χ1v) is 5.55. The van der Waals surface area contributed by atoms with Gasteiger partial charge in [-0.05, 0) is 29.3 Å². The van der Waals surface area contributed by atoms with Crippen LogP contribution in [0.2, 0.25) is 0 Å². The number of nitrogens with one attached hydrogen (secondary N) is 1. The smallest absolute Gasteiger partial charge is 0.250 e. The number of nitrogens with zero attached hydrogens (tertiary/aromatic N) is 2. The van der Waals surface area contributed by atoms with Gasteiger partial charge in [0.1, 0.15) is 5.82 Å². The van der Waals surface area contributed by atoms with E-state index >= 15 is 0 Å². The maximum atomic E-state index is 11.4. The summed E-state index contributed by atoms with van der Waals surface area (Å²) in [6.45, 7) is 0. The number of nitrogens with two attached hydrogens (primary N) is 1. The predicted molar refractivity (Wildman–Crippen MR) is 71.2 cm³/mol. The van der Waals surface area contributed by atoms with Crippen LogP contribution in [-0.4, -0.2) is 14.5 Å². The Balaban J connectivity index is 2.22. The Morgan fingerprint density at radius 2 is 2.06 bits per heavy atom.